The van der Waals surface area contributed by atoms with E-state index in [1.807, 2.05) is 0 Å². The van der Waals surface area contributed by atoms with Crippen LogP contribution in [-0.4, -0.2) is 60.9 Å². The molecule has 2 saturated heterocycles. The zero-order chi connectivity index (χ0) is 13.9. The fourth-order valence-corrected chi connectivity index (χ4v) is 2.49. The number of carboxylic acid groups (broad SMARTS) is 1. The average Bonchev–Trinajstić information content (AvgIpc) is 2.99. The number of hydrogen-bond donors (Lipinski definition) is 1. The SMILES string of the molecule is C[C@]1(C(=O)O)CCN(C(=O)COC[C@H]2CCCO2)C1. The van der Waals surface area contributed by atoms with Crippen LogP contribution < -0.4 is 0 Å². The Morgan fingerprint density at radius 2 is 2.32 bits per heavy atom. The molecular formula is C13H21NO5. The van der Waals surface area contributed by atoms with Crippen LogP contribution in [0.4, 0.5) is 0 Å². The molecule has 0 saturated carbocycles. The Hall–Kier alpha value is -1.14. The first-order valence-corrected chi connectivity index (χ1v) is 6.72. The summed E-state index contributed by atoms with van der Waals surface area (Å²) in [5.74, 6) is -0.981. The Bertz CT molecular complexity index is 353. The minimum absolute atomic E-state index is 0.00948. The van der Waals surface area contributed by atoms with Crippen LogP contribution in [0.2, 0.25) is 0 Å². The van der Waals surface area contributed by atoms with Gasteiger partial charge in [0, 0.05) is 19.7 Å². The maximum absolute atomic E-state index is 11.9. The van der Waals surface area contributed by atoms with Crippen LogP contribution in [0.3, 0.4) is 0 Å². The second kappa shape index (κ2) is 5.88. The van der Waals surface area contributed by atoms with E-state index in [9.17, 15) is 9.59 Å². The molecular weight excluding hydrogens is 250 g/mol. The van der Waals surface area contributed by atoms with E-state index in [0.29, 0.717) is 19.6 Å². The number of carboxylic acids is 1. The third-order valence-electron chi connectivity index (χ3n) is 3.90. The van der Waals surface area contributed by atoms with Gasteiger partial charge in [0.15, 0.2) is 0 Å². The van der Waals surface area contributed by atoms with Gasteiger partial charge in [-0.3, -0.25) is 9.59 Å². The van der Waals surface area contributed by atoms with E-state index in [0.717, 1.165) is 19.4 Å². The number of amides is 1. The van der Waals surface area contributed by atoms with Crippen molar-refractivity contribution < 1.29 is 24.2 Å². The maximum Gasteiger partial charge on any atom is 0.311 e. The van der Waals surface area contributed by atoms with Crippen LogP contribution in [0.25, 0.3) is 0 Å². The van der Waals surface area contributed by atoms with Crippen molar-refractivity contribution in [3.05, 3.63) is 0 Å². The number of nitrogens with zero attached hydrogens (tertiary/aromatic N) is 1. The smallest absolute Gasteiger partial charge is 0.311 e. The summed E-state index contributed by atoms with van der Waals surface area (Å²) in [6, 6.07) is 0. The highest BCUT2D eigenvalue weighted by Crippen LogP contribution is 2.30. The first-order valence-electron chi connectivity index (χ1n) is 6.72. The molecule has 2 aliphatic heterocycles. The number of aliphatic carboxylic acids is 1. The largest absolute Gasteiger partial charge is 0.481 e. The summed E-state index contributed by atoms with van der Waals surface area (Å²) in [6.07, 6.45) is 2.63. The van der Waals surface area contributed by atoms with Gasteiger partial charge in [0.25, 0.3) is 0 Å². The predicted molar refractivity (Wildman–Crippen MR) is 66.7 cm³/mol. The van der Waals surface area contributed by atoms with Gasteiger partial charge in [0.1, 0.15) is 6.61 Å². The molecule has 0 radical (unpaired) electrons. The molecule has 2 heterocycles. The van der Waals surface area contributed by atoms with Crippen molar-refractivity contribution in [1.29, 1.82) is 0 Å². The van der Waals surface area contributed by atoms with E-state index in [2.05, 4.69) is 0 Å². The molecule has 0 aromatic carbocycles. The van der Waals surface area contributed by atoms with Gasteiger partial charge in [-0.1, -0.05) is 0 Å². The Morgan fingerprint density at radius 3 is 2.89 bits per heavy atom. The van der Waals surface area contributed by atoms with Crippen LogP contribution in [0.15, 0.2) is 0 Å². The number of likely N-dealkylation sites (tertiary alicyclic amines) is 1. The molecule has 0 aromatic rings. The van der Waals surface area contributed by atoms with Crippen LogP contribution >= 0.6 is 0 Å². The lowest BCUT2D eigenvalue weighted by Crippen LogP contribution is -2.37. The third kappa shape index (κ3) is 3.45. The molecule has 2 aliphatic rings. The van der Waals surface area contributed by atoms with Crippen LogP contribution in [0.5, 0.6) is 0 Å². The van der Waals surface area contributed by atoms with Gasteiger partial charge in [-0.05, 0) is 26.2 Å². The fraction of sp³-hybridized carbons (Fsp3) is 0.846. The van der Waals surface area contributed by atoms with Gasteiger partial charge in [0.05, 0.1) is 18.1 Å². The molecule has 2 atom stereocenters. The lowest BCUT2D eigenvalue weighted by atomic mass is 9.90. The van der Waals surface area contributed by atoms with Crippen molar-refractivity contribution in [2.24, 2.45) is 5.41 Å². The predicted octanol–water partition coefficient (Wildman–Crippen LogP) is 0.505. The molecule has 0 spiro atoms. The van der Waals surface area contributed by atoms with Crippen molar-refractivity contribution in [3.63, 3.8) is 0 Å². The van der Waals surface area contributed by atoms with Gasteiger partial charge in [-0.15, -0.1) is 0 Å². The molecule has 1 amide bonds. The van der Waals surface area contributed by atoms with Crippen molar-refractivity contribution in [2.45, 2.75) is 32.3 Å². The highest BCUT2D eigenvalue weighted by Gasteiger charge is 2.42. The maximum atomic E-state index is 11.9. The minimum atomic E-state index is -0.844. The molecule has 0 unspecified atom stereocenters. The molecule has 0 aliphatic carbocycles. The molecule has 0 aromatic heterocycles. The molecule has 0 bridgehead atoms. The summed E-state index contributed by atoms with van der Waals surface area (Å²) < 4.78 is 10.8. The summed E-state index contributed by atoms with van der Waals surface area (Å²) in [5.41, 5.74) is -0.815. The van der Waals surface area contributed by atoms with E-state index < -0.39 is 11.4 Å². The fourth-order valence-electron chi connectivity index (χ4n) is 2.49. The zero-order valence-corrected chi connectivity index (χ0v) is 11.3. The molecule has 108 valence electrons. The van der Waals surface area contributed by atoms with E-state index >= 15 is 0 Å². The molecule has 2 rings (SSSR count). The number of ether oxygens (including phenoxy) is 2. The highest BCUT2D eigenvalue weighted by atomic mass is 16.5. The zero-order valence-electron chi connectivity index (χ0n) is 11.3. The number of carbonyl (C=O) groups excluding carboxylic acids is 1. The van der Waals surface area contributed by atoms with Crippen molar-refractivity contribution in [3.8, 4) is 0 Å². The van der Waals surface area contributed by atoms with Gasteiger partial charge in [-0.2, -0.15) is 0 Å². The lowest BCUT2D eigenvalue weighted by Gasteiger charge is -2.20. The monoisotopic (exact) mass is 271 g/mol. The van der Waals surface area contributed by atoms with Gasteiger partial charge in [0.2, 0.25) is 5.91 Å². The molecule has 2 fully saturated rings. The number of hydrogen-bond acceptors (Lipinski definition) is 4. The lowest BCUT2D eigenvalue weighted by molar-refractivity contribution is -0.147. The van der Waals surface area contributed by atoms with E-state index in [1.54, 1.807) is 11.8 Å². The van der Waals surface area contributed by atoms with Gasteiger partial charge in [-0.25, -0.2) is 0 Å². The summed E-state index contributed by atoms with van der Waals surface area (Å²) in [4.78, 5) is 24.6. The van der Waals surface area contributed by atoms with Crippen molar-refractivity contribution >= 4 is 11.9 Å². The van der Waals surface area contributed by atoms with Gasteiger partial charge >= 0.3 is 5.97 Å². The minimum Gasteiger partial charge on any atom is -0.481 e. The number of rotatable bonds is 5. The molecule has 6 heteroatoms. The number of carbonyl (C=O) groups is 2. The summed E-state index contributed by atoms with van der Waals surface area (Å²) in [6.45, 7) is 3.65. The van der Waals surface area contributed by atoms with E-state index in [4.69, 9.17) is 14.6 Å². The summed E-state index contributed by atoms with van der Waals surface area (Å²) in [5, 5.41) is 9.11. The summed E-state index contributed by atoms with van der Waals surface area (Å²) >= 11 is 0. The Labute approximate surface area is 112 Å². The van der Waals surface area contributed by atoms with E-state index in [-0.39, 0.29) is 25.2 Å². The Morgan fingerprint density at radius 1 is 1.53 bits per heavy atom. The third-order valence-corrected chi connectivity index (χ3v) is 3.90. The van der Waals surface area contributed by atoms with Crippen LogP contribution in [-0.2, 0) is 19.1 Å². The highest BCUT2D eigenvalue weighted by molar-refractivity contribution is 5.81. The summed E-state index contributed by atoms with van der Waals surface area (Å²) in [7, 11) is 0. The average molecular weight is 271 g/mol. The second-order valence-corrected chi connectivity index (χ2v) is 5.58. The van der Waals surface area contributed by atoms with Gasteiger partial charge < -0.3 is 19.5 Å². The molecule has 1 N–H and O–H groups in total. The quantitative estimate of drug-likeness (QED) is 0.788. The first kappa shape index (κ1) is 14.3. The molecule has 6 nitrogen and oxygen atoms in total. The Balaban J connectivity index is 1.70. The topological polar surface area (TPSA) is 76.1 Å². The van der Waals surface area contributed by atoms with Crippen molar-refractivity contribution in [1.82, 2.24) is 4.90 Å². The standard InChI is InChI=1S/C13H21NO5/c1-13(12(16)17)4-5-14(9-13)11(15)8-18-7-10-3-2-6-19-10/h10H,2-9H2,1H3,(H,16,17)/t10-,13+/m1/s1. The van der Waals surface area contributed by atoms with Crippen molar-refractivity contribution in [2.75, 3.05) is 32.9 Å². The Kier molecular flexibility index (Phi) is 4.42. The normalized spacial score (nSPS) is 30.8. The van der Waals surface area contributed by atoms with Crippen LogP contribution in [0.1, 0.15) is 26.2 Å². The molecule has 19 heavy (non-hydrogen) atoms. The van der Waals surface area contributed by atoms with Crippen LogP contribution in [0, 0.1) is 5.41 Å². The van der Waals surface area contributed by atoms with E-state index in [1.165, 1.54) is 0 Å². The first-order chi connectivity index (χ1) is 9.01. The second-order valence-electron chi connectivity index (χ2n) is 5.58.